The first-order chi connectivity index (χ1) is 8.17. The van der Waals surface area contributed by atoms with Gasteiger partial charge in [-0.2, -0.15) is 5.26 Å². The van der Waals surface area contributed by atoms with Crippen LogP contribution in [0.25, 0.3) is 0 Å². The molecule has 0 heterocycles. The van der Waals surface area contributed by atoms with Crippen LogP contribution in [0.2, 0.25) is 0 Å². The quantitative estimate of drug-likeness (QED) is 0.582. The molecule has 0 aliphatic rings. The predicted molar refractivity (Wildman–Crippen MR) is 59.1 cm³/mol. The molecule has 0 unspecified atom stereocenters. The fourth-order valence-corrected chi connectivity index (χ4v) is 1.37. The molecule has 0 aliphatic heterocycles. The summed E-state index contributed by atoms with van der Waals surface area (Å²) in [4.78, 5) is 22.3. The normalized spacial score (nSPS) is 9.24. The molecule has 0 aromatic heterocycles. The zero-order chi connectivity index (χ0) is 12.8. The molecule has 88 valence electrons. The first-order valence-corrected chi connectivity index (χ1v) is 4.92. The van der Waals surface area contributed by atoms with Gasteiger partial charge in [-0.15, -0.1) is 0 Å². The average molecular weight is 233 g/mol. The zero-order valence-corrected chi connectivity index (χ0v) is 9.52. The molecule has 0 aliphatic carbocycles. The molecule has 0 radical (unpaired) electrons. The molecule has 0 atom stereocenters. The molecule has 1 aromatic rings. The molecule has 0 saturated heterocycles. The Balaban J connectivity index is 3.40. The Morgan fingerprint density at radius 1 is 1.53 bits per heavy atom. The molecule has 0 saturated carbocycles. The Morgan fingerprint density at radius 3 is 2.71 bits per heavy atom. The number of hydrogen-bond acceptors (Lipinski definition) is 5. The lowest BCUT2D eigenvalue weighted by atomic mass is 10.0. The standard InChI is InChI=1S/C12H11NO4/c1-3-17-12(15)11-9(6-13)4-8(7-14)5-10(11)16-2/h4-5,7H,3H2,1-2H3. The van der Waals surface area contributed by atoms with Crippen LogP contribution in [-0.2, 0) is 4.74 Å². The maximum atomic E-state index is 11.7. The molecule has 1 aromatic carbocycles. The second-order valence-corrected chi connectivity index (χ2v) is 3.10. The van der Waals surface area contributed by atoms with Gasteiger partial charge in [0, 0.05) is 5.56 Å². The molecule has 0 bridgehead atoms. The van der Waals surface area contributed by atoms with Gasteiger partial charge in [-0.3, -0.25) is 4.79 Å². The molecule has 17 heavy (non-hydrogen) atoms. The first kappa shape index (κ1) is 12.7. The van der Waals surface area contributed by atoms with E-state index in [0.717, 1.165) is 0 Å². The number of methoxy groups -OCH3 is 1. The highest BCUT2D eigenvalue weighted by atomic mass is 16.5. The van der Waals surface area contributed by atoms with Crippen LogP contribution in [0.4, 0.5) is 0 Å². The number of rotatable bonds is 4. The third kappa shape index (κ3) is 2.61. The number of ether oxygens (including phenoxy) is 2. The van der Waals surface area contributed by atoms with E-state index in [-0.39, 0.29) is 29.0 Å². The van der Waals surface area contributed by atoms with Crippen LogP contribution in [0.1, 0.15) is 33.2 Å². The summed E-state index contributed by atoms with van der Waals surface area (Å²) in [5, 5.41) is 8.95. The van der Waals surface area contributed by atoms with Gasteiger partial charge in [0.25, 0.3) is 0 Å². The minimum Gasteiger partial charge on any atom is -0.496 e. The monoisotopic (exact) mass is 233 g/mol. The van der Waals surface area contributed by atoms with Gasteiger partial charge in [-0.1, -0.05) is 0 Å². The SMILES string of the molecule is CCOC(=O)c1c(C#N)cc(C=O)cc1OC. The van der Waals surface area contributed by atoms with Gasteiger partial charge in [0.1, 0.15) is 23.7 Å². The van der Waals surface area contributed by atoms with E-state index in [1.165, 1.54) is 19.2 Å². The van der Waals surface area contributed by atoms with Crippen molar-refractivity contribution >= 4 is 12.3 Å². The van der Waals surface area contributed by atoms with Gasteiger partial charge < -0.3 is 9.47 Å². The summed E-state index contributed by atoms with van der Waals surface area (Å²) >= 11 is 0. The van der Waals surface area contributed by atoms with Crippen LogP contribution in [0, 0.1) is 11.3 Å². The van der Waals surface area contributed by atoms with Gasteiger partial charge in [-0.05, 0) is 19.1 Å². The third-order valence-electron chi connectivity index (χ3n) is 2.08. The molecule has 5 heteroatoms. The van der Waals surface area contributed by atoms with Crippen molar-refractivity contribution in [2.45, 2.75) is 6.92 Å². The number of aldehydes is 1. The van der Waals surface area contributed by atoms with Gasteiger partial charge >= 0.3 is 5.97 Å². The Hall–Kier alpha value is -2.35. The van der Waals surface area contributed by atoms with Crippen molar-refractivity contribution in [1.82, 2.24) is 0 Å². The van der Waals surface area contributed by atoms with Crippen LogP contribution in [0.5, 0.6) is 5.75 Å². The summed E-state index contributed by atoms with van der Waals surface area (Å²) in [5.41, 5.74) is 0.374. The summed E-state index contributed by atoms with van der Waals surface area (Å²) in [6.45, 7) is 1.86. The molecule has 1 rings (SSSR count). The van der Waals surface area contributed by atoms with E-state index >= 15 is 0 Å². The highest BCUT2D eigenvalue weighted by Crippen LogP contribution is 2.24. The van der Waals surface area contributed by atoms with Crippen LogP contribution < -0.4 is 4.74 Å². The van der Waals surface area contributed by atoms with Crippen LogP contribution >= 0.6 is 0 Å². The molecular weight excluding hydrogens is 222 g/mol. The Bertz CT molecular complexity index is 488. The Kier molecular flexibility index (Phi) is 4.23. The van der Waals surface area contributed by atoms with Crippen LogP contribution in [0.15, 0.2) is 12.1 Å². The van der Waals surface area contributed by atoms with Crippen molar-refractivity contribution in [3.8, 4) is 11.8 Å². The number of carbonyl (C=O) groups excluding carboxylic acids is 2. The van der Waals surface area contributed by atoms with E-state index in [4.69, 9.17) is 14.7 Å². The van der Waals surface area contributed by atoms with E-state index in [9.17, 15) is 9.59 Å². The lowest BCUT2D eigenvalue weighted by Crippen LogP contribution is -2.09. The lowest BCUT2D eigenvalue weighted by molar-refractivity contribution is 0.0522. The van der Waals surface area contributed by atoms with Crippen molar-refractivity contribution in [3.05, 3.63) is 28.8 Å². The van der Waals surface area contributed by atoms with Gasteiger partial charge in [-0.25, -0.2) is 4.79 Å². The largest absolute Gasteiger partial charge is 0.496 e. The van der Waals surface area contributed by atoms with Crippen LogP contribution in [-0.4, -0.2) is 26.0 Å². The number of hydrogen-bond donors (Lipinski definition) is 0. The summed E-state index contributed by atoms with van der Waals surface area (Å²) in [6, 6.07) is 4.55. The fourth-order valence-electron chi connectivity index (χ4n) is 1.37. The van der Waals surface area contributed by atoms with E-state index in [0.29, 0.717) is 6.29 Å². The van der Waals surface area contributed by atoms with Gasteiger partial charge in [0.05, 0.1) is 19.3 Å². The number of esters is 1. The lowest BCUT2D eigenvalue weighted by Gasteiger charge is -2.09. The maximum absolute atomic E-state index is 11.7. The van der Waals surface area contributed by atoms with E-state index in [2.05, 4.69) is 0 Å². The Labute approximate surface area is 98.6 Å². The molecule has 0 amide bonds. The average Bonchev–Trinajstić information content (AvgIpc) is 2.37. The summed E-state index contributed by atoms with van der Waals surface area (Å²) in [5.74, 6) is -0.483. The van der Waals surface area contributed by atoms with E-state index in [1.54, 1.807) is 6.92 Å². The van der Waals surface area contributed by atoms with Crippen LogP contribution in [0.3, 0.4) is 0 Å². The highest BCUT2D eigenvalue weighted by Gasteiger charge is 2.19. The molecule has 0 N–H and O–H groups in total. The van der Waals surface area contributed by atoms with Crippen molar-refractivity contribution in [2.24, 2.45) is 0 Å². The number of nitriles is 1. The van der Waals surface area contributed by atoms with E-state index < -0.39 is 5.97 Å². The first-order valence-electron chi connectivity index (χ1n) is 4.92. The number of carbonyl (C=O) groups is 2. The number of nitrogens with zero attached hydrogens (tertiary/aromatic N) is 1. The van der Waals surface area contributed by atoms with Crippen molar-refractivity contribution < 1.29 is 19.1 Å². The minimum absolute atomic E-state index is 0.0439. The third-order valence-corrected chi connectivity index (χ3v) is 2.08. The molecular formula is C12H11NO4. The predicted octanol–water partition coefficient (Wildman–Crippen LogP) is 1.56. The molecule has 0 spiro atoms. The molecule has 0 fully saturated rings. The molecule has 5 nitrogen and oxygen atoms in total. The topological polar surface area (TPSA) is 76.4 Å². The second-order valence-electron chi connectivity index (χ2n) is 3.10. The smallest absolute Gasteiger partial charge is 0.343 e. The maximum Gasteiger partial charge on any atom is 0.343 e. The van der Waals surface area contributed by atoms with Crippen molar-refractivity contribution in [2.75, 3.05) is 13.7 Å². The zero-order valence-electron chi connectivity index (χ0n) is 9.52. The number of benzene rings is 1. The second kappa shape index (κ2) is 5.66. The summed E-state index contributed by atoms with van der Waals surface area (Å²) in [7, 11) is 1.35. The highest BCUT2D eigenvalue weighted by molar-refractivity contribution is 5.96. The van der Waals surface area contributed by atoms with Gasteiger partial charge in [0.2, 0.25) is 0 Å². The Morgan fingerprint density at radius 2 is 2.24 bits per heavy atom. The van der Waals surface area contributed by atoms with Crippen molar-refractivity contribution in [3.63, 3.8) is 0 Å². The minimum atomic E-state index is -0.640. The summed E-state index contributed by atoms with van der Waals surface area (Å²) < 4.78 is 9.82. The van der Waals surface area contributed by atoms with Crippen molar-refractivity contribution in [1.29, 1.82) is 5.26 Å². The van der Waals surface area contributed by atoms with E-state index in [1.807, 2.05) is 6.07 Å². The van der Waals surface area contributed by atoms with Gasteiger partial charge in [0.15, 0.2) is 0 Å². The summed E-state index contributed by atoms with van der Waals surface area (Å²) in [6.07, 6.45) is 0.582. The fraction of sp³-hybridized carbons (Fsp3) is 0.250.